The van der Waals surface area contributed by atoms with Gasteiger partial charge in [-0.3, -0.25) is 4.79 Å². The van der Waals surface area contributed by atoms with Crippen molar-refractivity contribution in [3.05, 3.63) is 89.5 Å². The topological polar surface area (TPSA) is 118 Å². The van der Waals surface area contributed by atoms with E-state index in [0.717, 1.165) is 0 Å². The molecule has 0 heterocycles. The minimum Gasteiger partial charge on any atom is -0.493 e. The smallest absolute Gasteiger partial charge is 0.339 e. The van der Waals surface area contributed by atoms with Crippen LogP contribution >= 0.6 is 0 Å². The van der Waals surface area contributed by atoms with Crippen molar-refractivity contribution in [2.24, 2.45) is 5.10 Å². The molecule has 0 aliphatic rings. The maximum atomic E-state index is 12.4. The van der Waals surface area contributed by atoms with Crippen LogP contribution in [0.25, 0.3) is 0 Å². The third-order valence-corrected chi connectivity index (χ3v) is 5.32. The van der Waals surface area contributed by atoms with Crippen LogP contribution in [0, 0.1) is 11.3 Å². The van der Waals surface area contributed by atoms with Gasteiger partial charge in [-0.1, -0.05) is 18.2 Å². The number of ether oxygens (including phenoxy) is 1. The van der Waals surface area contributed by atoms with Crippen molar-refractivity contribution >= 4 is 22.2 Å². The third-order valence-electron chi connectivity index (χ3n) is 4.07. The zero-order valence-corrected chi connectivity index (χ0v) is 17.2. The van der Waals surface area contributed by atoms with Gasteiger partial charge in [0.2, 0.25) is 0 Å². The molecular formula is C22H17N3O5S. The molecule has 1 amide bonds. The second kappa shape index (κ2) is 9.56. The Hall–Kier alpha value is -4.16. The summed E-state index contributed by atoms with van der Waals surface area (Å²) >= 11 is 0. The first-order valence-electron chi connectivity index (χ1n) is 8.94. The fraction of sp³-hybridized carbons (Fsp3) is 0.0455. The molecule has 3 aromatic carbocycles. The second-order valence-electron chi connectivity index (χ2n) is 6.15. The number of hydrazone groups is 1. The van der Waals surface area contributed by atoms with Crippen LogP contribution in [-0.4, -0.2) is 27.6 Å². The van der Waals surface area contributed by atoms with Crippen molar-refractivity contribution in [1.82, 2.24) is 5.43 Å². The number of hydrogen-bond acceptors (Lipinski definition) is 7. The highest BCUT2D eigenvalue weighted by Crippen LogP contribution is 2.30. The standard InChI is InChI=1S/C22H17N3O5S/c1-29-21-13-17(15-24-25-22(26)18-10-7-16(14-23)8-11-18)9-12-20(21)30-31(27,28)19-5-3-2-4-6-19/h2-13,15H,1H3,(H,25,26)/b24-15-. The van der Waals surface area contributed by atoms with Crippen LogP contribution < -0.4 is 14.3 Å². The molecule has 0 aliphatic carbocycles. The van der Waals surface area contributed by atoms with Crippen LogP contribution in [0.3, 0.4) is 0 Å². The monoisotopic (exact) mass is 435 g/mol. The maximum absolute atomic E-state index is 12.4. The van der Waals surface area contributed by atoms with Gasteiger partial charge in [0.25, 0.3) is 5.91 Å². The Morgan fingerprint density at radius 3 is 2.39 bits per heavy atom. The Labute approximate surface area is 179 Å². The Balaban J connectivity index is 1.70. The molecule has 31 heavy (non-hydrogen) atoms. The lowest BCUT2D eigenvalue weighted by Crippen LogP contribution is -2.17. The summed E-state index contributed by atoms with van der Waals surface area (Å²) in [5.41, 5.74) is 3.72. The average Bonchev–Trinajstić information content (AvgIpc) is 2.80. The average molecular weight is 435 g/mol. The molecular weight excluding hydrogens is 418 g/mol. The maximum Gasteiger partial charge on any atom is 0.339 e. The lowest BCUT2D eigenvalue weighted by atomic mass is 10.1. The number of nitrogens with zero attached hydrogens (tertiary/aromatic N) is 2. The van der Waals surface area contributed by atoms with E-state index < -0.39 is 16.0 Å². The number of methoxy groups -OCH3 is 1. The van der Waals surface area contributed by atoms with E-state index in [0.29, 0.717) is 16.7 Å². The van der Waals surface area contributed by atoms with E-state index in [4.69, 9.17) is 14.2 Å². The van der Waals surface area contributed by atoms with Gasteiger partial charge in [-0.05, 0) is 60.2 Å². The number of hydrogen-bond donors (Lipinski definition) is 1. The summed E-state index contributed by atoms with van der Waals surface area (Å²) in [6, 6.07) is 20.4. The Morgan fingerprint density at radius 1 is 1.03 bits per heavy atom. The molecule has 0 aromatic heterocycles. The first-order valence-corrected chi connectivity index (χ1v) is 10.3. The lowest BCUT2D eigenvalue weighted by Gasteiger charge is -2.11. The molecule has 0 atom stereocenters. The molecule has 0 bridgehead atoms. The molecule has 0 radical (unpaired) electrons. The summed E-state index contributed by atoms with van der Waals surface area (Å²) in [6.07, 6.45) is 1.37. The van der Waals surface area contributed by atoms with Gasteiger partial charge in [0, 0.05) is 5.56 Å². The van der Waals surface area contributed by atoms with E-state index >= 15 is 0 Å². The predicted molar refractivity (Wildman–Crippen MR) is 113 cm³/mol. The van der Waals surface area contributed by atoms with Gasteiger partial charge in [-0.25, -0.2) is 5.43 Å². The molecule has 0 saturated carbocycles. The first kappa shape index (κ1) is 21.5. The molecule has 3 rings (SSSR count). The van der Waals surface area contributed by atoms with E-state index in [1.807, 2.05) is 6.07 Å². The lowest BCUT2D eigenvalue weighted by molar-refractivity contribution is 0.0955. The molecule has 3 aromatic rings. The second-order valence-corrected chi connectivity index (χ2v) is 7.70. The van der Waals surface area contributed by atoms with Crippen LogP contribution in [-0.2, 0) is 10.1 Å². The number of rotatable bonds is 7. The van der Waals surface area contributed by atoms with E-state index in [2.05, 4.69) is 10.5 Å². The van der Waals surface area contributed by atoms with E-state index in [1.165, 1.54) is 61.9 Å². The molecule has 8 nitrogen and oxygen atoms in total. The summed E-state index contributed by atoms with van der Waals surface area (Å²) in [5.74, 6) is -0.242. The molecule has 156 valence electrons. The molecule has 0 aliphatic heterocycles. The van der Waals surface area contributed by atoms with Crippen LogP contribution in [0.15, 0.2) is 82.8 Å². The SMILES string of the molecule is COc1cc(/C=N\NC(=O)c2ccc(C#N)cc2)ccc1OS(=O)(=O)c1ccccc1. The number of nitrogens with one attached hydrogen (secondary N) is 1. The highest BCUT2D eigenvalue weighted by atomic mass is 32.2. The zero-order chi connectivity index (χ0) is 22.3. The van der Waals surface area contributed by atoms with Crippen LogP contribution in [0.5, 0.6) is 11.5 Å². The van der Waals surface area contributed by atoms with Gasteiger partial charge >= 0.3 is 10.1 Å². The highest BCUT2D eigenvalue weighted by molar-refractivity contribution is 7.87. The minimum absolute atomic E-state index is 0.0186. The summed E-state index contributed by atoms with van der Waals surface area (Å²) in [6.45, 7) is 0. The predicted octanol–water partition coefficient (Wildman–Crippen LogP) is 3.10. The van der Waals surface area contributed by atoms with Crippen LogP contribution in [0.4, 0.5) is 0 Å². The Morgan fingerprint density at radius 2 is 1.74 bits per heavy atom. The van der Waals surface area contributed by atoms with Crippen molar-refractivity contribution in [2.45, 2.75) is 4.90 Å². The van der Waals surface area contributed by atoms with Gasteiger partial charge in [-0.2, -0.15) is 18.8 Å². The molecule has 0 spiro atoms. The van der Waals surface area contributed by atoms with E-state index in [-0.39, 0.29) is 16.4 Å². The molecule has 9 heteroatoms. The zero-order valence-electron chi connectivity index (χ0n) is 16.3. The molecule has 0 unspecified atom stereocenters. The molecule has 0 saturated heterocycles. The summed E-state index contributed by atoms with van der Waals surface area (Å²) in [7, 11) is -2.63. The van der Waals surface area contributed by atoms with Gasteiger partial charge < -0.3 is 8.92 Å². The fourth-order valence-corrected chi connectivity index (χ4v) is 3.47. The number of carbonyl (C=O) groups excluding carboxylic acids is 1. The Bertz CT molecular complexity index is 1250. The van der Waals surface area contributed by atoms with Gasteiger partial charge in [0.15, 0.2) is 11.5 Å². The normalized spacial score (nSPS) is 11.0. The van der Waals surface area contributed by atoms with Crippen molar-refractivity contribution in [3.8, 4) is 17.6 Å². The van der Waals surface area contributed by atoms with Crippen molar-refractivity contribution in [3.63, 3.8) is 0 Å². The molecule has 0 fully saturated rings. The number of amides is 1. The molecule has 1 N–H and O–H groups in total. The number of carbonyl (C=O) groups is 1. The fourth-order valence-electron chi connectivity index (χ4n) is 2.51. The van der Waals surface area contributed by atoms with Crippen LogP contribution in [0.2, 0.25) is 0 Å². The van der Waals surface area contributed by atoms with Crippen molar-refractivity contribution < 1.29 is 22.1 Å². The number of benzene rings is 3. The van der Waals surface area contributed by atoms with Gasteiger partial charge in [0.05, 0.1) is 25.0 Å². The van der Waals surface area contributed by atoms with E-state index in [1.54, 1.807) is 24.3 Å². The van der Waals surface area contributed by atoms with Gasteiger partial charge in [0.1, 0.15) is 4.90 Å². The minimum atomic E-state index is -4.01. The summed E-state index contributed by atoms with van der Waals surface area (Å²) in [4.78, 5) is 12.1. The van der Waals surface area contributed by atoms with Crippen LogP contribution in [0.1, 0.15) is 21.5 Å². The Kier molecular flexibility index (Phi) is 6.64. The van der Waals surface area contributed by atoms with Gasteiger partial charge in [-0.15, -0.1) is 0 Å². The quantitative estimate of drug-likeness (QED) is 0.346. The summed E-state index contributed by atoms with van der Waals surface area (Å²) in [5, 5.41) is 12.7. The largest absolute Gasteiger partial charge is 0.493 e. The first-order chi connectivity index (χ1) is 14.9. The summed E-state index contributed by atoms with van der Waals surface area (Å²) < 4.78 is 35.2. The van der Waals surface area contributed by atoms with E-state index in [9.17, 15) is 13.2 Å². The van der Waals surface area contributed by atoms with Crippen molar-refractivity contribution in [1.29, 1.82) is 5.26 Å². The number of nitriles is 1. The van der Waals surface area contributed by atoms with Crippen molar-refractivity contribution in [2.75, 3.05) is 7.11 Å². The third kappa shape index (κ3) is 5.46. The highest BCUT2D eigenvalue weighted by Gasteiger charge is 2.18.